The SMILES string of the molecule is CCC[C@H](C)NC(=O)[C@@H]1CCCN(S(=O)(=O)c2cc(Cl)ccc2Cl)C1. The molecule has 140 valence electrons. The monoisotopic (exact) mass is 406 g/mol. The lowest BCUT2D eigenvalue weighted by Gasteiger charge is -2.32. The van der Waals surface area contributed by atoms with Crippen molar-refractivity contribution in [2.24, 2.45) is 5.92 Å². The van der Waals surface area contributed by atoms with Crippen LogP contribution in [0.2, 0.25) is 10.0 Å². The lowest BCUT2D eigenvalue weighted by Crippen LogP contribution is -2.47. The largest absolute Gasteiger partial charge is 0.353 e. The number of benzene rings is 1. The first-order chi connectivity index (χ1) is 11.8. The Morgan fingerprint density at radius 2 is 2.12 bits per heavy atom. The Balaban J connectivity index is 2.14. The molecule has 8 heteroatoms. The number of carbonyl (C=O) groups excluding carboxylic acids is 1. The Morgan fingerprint density at radius 1 is 1.40 bits per heavy atom. The van der Waals surface area contributed by atoms with Gasteiger partial charge in [0.1, 0.15) is 4.90 Å². The highest BCUT2D eigenvalue weighted by molar-refractivity contribution is 7.89. The third-order valence-corrected chi connectivity index (χ3v) is 6.96. The molecule has 1 aliphatic heterocycles. The quantitative estimate of drug-likeness (QED) is 0.782. The first-order valence-electron chi connectivity index (χ1n) is 8.51. The number of piperidine rings is 1. The Kier molecular flexibility index (Phi) is 7.14. The standard InChI is InChI=1S/C17H24Cl2N2O3S/c1-3-5-12(2)20-17(22)13-6-4-9-21(11-13)25(23,24)16-10-14(18)7-8-15(16)19/h7-8,10,12-13H,3-6,9,11H2,1-2H3,(H,20,22)/t12-,13+/m0/s1. The van der Waals surface area contributed by atoms with Crippen LogP contribution < -0.4 is 5.32 Å². The minimum absolute atomic E-state index is 0.0120. The van der Waals surface area contributed by atoms with Crippen LogP contribution in [-0.4, -0.2) is 37.8 Å². The van der Waals surface area contributed by atoms with E-state index in [9.17, 15) is 13.2 Å². The average molecular weight is 407 g/mol. The lowest BCUT2D eigenvalue weighted by molar-refractivity contribution is -0.126. The Bertz CT molecular complexity index is 725. The van der Waals surface area contributed by atoms with Gasteiger partial charge in [-0.05, 0) is 44.4 Å². The van der Waals surface area contributed by atoms with Gasteiger partial charge in [0.15, 0.2) is 0 Å². The van der Waals surface area contributed by atoms with E-state index in [0.29, 0.717) is 24.4 Å². The zero-order valence-corrected chi connectivity index (χ0v) is 16.8. The molecule has 0 bridgehead atoms. The second kappa shape index (κ2) is 8.71. The van der Waals surface area contributed by atoms with Crippen LogP contribution in [0.15, 0.2) is 23.1 Å². The summed E-state index contributed by atoms with van der Waals surface area (Å²) in [5.41, 5.74) is 0. The number of rotatable bonds is 6. The van der Waals surface area contributed by atoms with Crippen LogP contribution in [0.1, 0.15) is 39.5 Å². The van der Waals surface area contributed by atoms with Crippen molar-refractivity contribution in [2.75, 3.05) is 13.1 Å². The summed E-state index contributed by atoms with van der Waals surface area (Å²) >= 11 is 12.0. The Hall–Kier alpha value is -0.820. The molecule has 1 saturated heterocycles. The molecule has 2 atom stereocenters. The van der Waals surface area contributed by atoms with Crippen molar-refractivity contribution in [3.63, 3.8) is 0 Å². The molecule has 1 aromatic rings. The van der Waals surface area contributed by atoms with Gasteiger partial charge in [0, 0.05) is 24.2 Å². The van der Waals surface area contributed by atoms with E-state index in [1.54, 1.807) is 6.07 Å². The highest BCUT2D eigenvalue weighted by Crippen LogP contribution is 2.30. The molecular formula is C17H24Cl2N2O3S. The molecule has 1 aromatic carbocycles. The molecule has 1 aliphatic rings. The fourth-order valence-electron chi connectivity index (χ4n) is 3.05. The zero-order chi connectivity index (χ0) is 18.6. The Labute approximate surface area is 159 Å². The fourth-order valence-corrected chi connectivity index (χ4v) is 5.32. The summed E-state index contributed by atoms with van der Waals surface area (Å²) in [7, 11) is -3.78. The molecule has 1 fully saturated rings. The van der Waals surface area contributed by atoms with Crippen molar-refractivity contribution >= 4 is 39.1 Å². The van der Waals surface area contributed by atoms with Gasteiger partial charge in [-0.25, -0.2) is 8.42 Å². The average Bonchev–Trinajstić information content (AvgIpc) is 2.57. The minimum atomic E-state index is -3.78. The van der Waals surface area contributed by atoms with E-state index in [4.69, 9.17) is 23.2 Å². The van der Waals surface area contributed by atoms with Gasteiger partial charge in [-0.2, -0.15) is 4.31 Å². The van der Waals surface area contributed by atoms with Gasteiger partial charge in [-0.1, -0.05) is 36.5 Å². The number of nitrogens with one attached hydrogen (secondary N) is 1. The molecule has 0 unspecified atom stereocenters. The third kappa shape index (κ3) is 5.09. The molecule has 0 aliphatic carbocycles. The maximum Gasteiger partial charge on any atom is 0.244 e. The van der Waals surface area contributed by atoms with E-state index in [1.807, 2.05) is 6.92 Å². The maximum atomic E-state index is 12.9. The summed E-state index contributed by atoms with van der Waals surface area (Å²) in [6, 6.07) is 4.46. The predicted octanol–water partition coefficient (Wildman–Crippen LogP) is 3.70. The van der Waals surface area contributed by atoms with E-state index < -0.39 is 10.0 Å². The number of carbonyl (C=O) groups is 1. The molecule has 2 rings (SSSR count). The number of halogens is 2. The molecule has 1 amide bonds. The van der Waals surface area contributed by atoms with Gasteiger partial charge in [0.25, 0.3) is 0 Å². The minimum Gasteiger partial charge on any atom is -0.353 e. The third-order valence-electron chi connectivity index (χ3n) is 4.38. The number of nitrogens with zero attached hydrogens (tertiary/aromatic N) is 1. The molecule has 1 N–H and O–H groups in total. The molecule has 0 saturated carbocycles. The van der Waals surface area contributed by atoms with Crippen LogP contribution in [-0.2, 0) is 14.8 Å². The predicted molar refractivity (Wildman–Crippen MR) is 100 cm³/mol. The second-order valence-electron chi connectivity index (χ2n) is 6.48. The topological polar surface area (TPSA) is 66.5 Å². The van der Waals surface area contributed by atoms with Gasteiger partial charge in [-0.15, -0.1) is 0 Å². The van der Waals surface area contributed by atoms with Crippen LogP contribution in [0.5, 0.6) is 0 Å². The van der Waals surface area contributed by atoms with Gasteiger partial charge in [0.05, 0.1) is 10.9 Å². The molecule has 1 heterocycles. The molecule has 25 heavy (non-hydrogen) atoms. The fraction of sp³-hybridized carbons (Fsp3) is 0.588. The summed E-state index contributed by atoms with van der Waals surface area (Å²) in [6.07, 6.45) is 3.20. The Morgan fingerprint density at radius 3 is 2.80 bits per heavy atom. The first kappa shape index (κ1) is 20.5. The summed E-state index contributed by atoms with van der Waals surface area (Å²) in [5.74, 6) is -0.432. The van der Waals surface area contributed by atoms with Crippen LogP contribution in [0.25, 0.3) is 0 Å². The van der Waals surface area contributed by atoms with E-state index in [1.165, 1.54) is 16.4 Å². The molecule has 0 aromatic heterocycles. The summed E-state index contributed by atoms with van der Waals surface area (Å²) in [4.78, 5) is 12.4. The van der Waals surface area contributed by atoms with E-state index in [2.05, 4.69) is 12.2 Å². The van der Waals surface area contributed by atoms with Crippen molar-refractivity contribution in [3.8, 4) is 0 Å². The number of amides is 1. The van der Waals surface area contributed by atoms with Crippen molar-refractivity contribution in [3.05, 3.63) is 28.2 Å². The van der Waals surface area contributed by atoms with E-state index in [-0.39, 0.29) is 34.3 Å². The lowest BCUT2D eigenvalue weighted by atomic mass is 9.98. The number of sulfonamides is 1. The van der Waals surface area contributed by atoms with Gasteiger partial charge in [-0.3, -0.25) is 4.79 Å². The maximum absolute atomic E-state index is 12.9. The number of hydrogen-bond donors (Lipinski definition) is 1. The highest BCUT2D eigenvalue weighted by atomic mass is 35.5. The molecular weight excluding hydrogens is 383 g/mol. The van der Waals surface area contributed by atoms with Gasteiger partial charge in [0.2, 0.25) is 15.9 Å². The summed E-state index contributed by atoms with van der Waals surface area (Å²) < 4.78 is 27.1. The summed E-state index contributed by atoms with van der Waals surface area (Å²) in [5, 5.41) is 3.42. The molecule has 0 radical (unpaired) electrons. The van der Waals surface area contributed by atoms with Crippen molar-refractivity contribution < 1.29 is 13.2 Å². The van der Waals surface area contributed by atoms with Crippen molar-refractivity contribution in [2.45, 2.75) is 50.5 Å². The normalized spacial score (nSPS) is 20.2. The van der Waals surface area contributed by atoms with Crippen molar-refractivity contribution in [1.29, 1.82) is 0 Å². The van der Waals surface area contributed by atoms with E-state index in [0.717, 1.165) is 12.8 Å². The zero-order valence-electron chi connectivity index (χ0n) is 14.5. The molecule has 0 spiro atoms. The van der Waals surface area contributed by atoms with Crippen molar-refractivity contribution in [1.82, 2.24) is 9.62 Å². The number of hydrogen-bond acceptors (Lipinski definition) is 3. The molecule has 5 nitrogen and oxygen atoms in total. The summed E-state index contributed by atoms with van der Waals surface area (Å²) in [6.45, 7) is 4.56. The van der Waals surface area contributed by atoms with Crippen LogP contribution >= 0.6 is 23.2 Å². The second-order valence-corrected chi connectivity index (χ2v) is 9.23. The first-order valence-corrected chi connectivity index (χ1v) is 10.7. The highest BCUT2D eigenvalue weighted by Gasteiger charge is 2.34. The van der Waals surface area contributed by atoms with Crippen LogP contribution in [0, 0.1) is 5.92 Å². The van der Waals surface area contributed by atoms with Gasteiger partial charge < -0.3 is 5.32 Å². The van der Waals surface area contributed by atoms with E-state index >= 15 is 0 Å². The smallest absolute Gasteiger partial charge is 0.244 e. The van der Waals surface area contributed by atoms with Crippen LogP contribution in [0.4, 0.5) is 0 Å². The van der Waals surface area contributed by atoms with Crippen LogP contribution in [0.3, 0.4) is 0 Å². The van der Waals surface area contributed by atoms with Gasteiger partial charge >= 0.3 is 0 Å².